The first-order chi connectivity index (χ1) is 9.26. The second-order valence-electron chi connectivity index (χ2n) is 3.83. The predicted molar refractivity (Wildman–Crippen MR) is 69.8 cm³/mol. The van der Waals surface area contributed by atoms with Crippen LogP contribution in [0.25, 0.3) is 0 Å². The number of ether oxygens (including phenoxy) is 1. The summed E-state index contributed by atoms with van der Waals surface area (Å²) in [5.74, 6) is -1.97. The van der Waals surface area contributed by atoms with Crippen molar-refractivity contribution in [2.24, 2.45) is 0 Å². The Labute approximate surface area is 119 Å². The van der Waals surface area contributed by atoms with E-state index in [9.17, 15) is 18.0 Å². The Bertz CT molecular complexity index is 595. The van der Waals surface area contributed by atoms with E-state index in [0.717, 1.165) is 17.5 Å². The molecule has 0 aliphatic rings. The Hall–Kier alpha value is -1.52. The fourth-order valence-corrected chi connectivity index (χ4v) is 3.66. The molecule has 0 aliphatic heterocycles. The molecule has 0 aromatic carbocycles. The van der Waals surface area contributed by atoms with Crippen LogP contribution in [0.3, 0.4) is 0 Å². The maximum absolute atomic E-state index is 12.0. The number of carboxylic acid groups (broad SMARTS) is 1. The quantitative estimate of drug-likeness (QED) is 0.684. The zero-order valence-electron chi connectivity index (χ0n) is 10.8. The second-order valence-corrected chi connectivity index (χ2v) is 7.00. The van der Waals surface area contributed by atoms with Crippen molar-refractivity contribution in [3.8, 4) is 0 Å². The molecule has 10 heteroatoms. The number of nitrogens with zero attached hydrogens (tertiary/aromatic N) is 1. The van der Waals surface area contributed by atoms with E-state index in [-0.39, 0.29) is 17.1 Å². The molecule has 1 unspecified atom stereocenters. The molecule has 0 saturated heterocycles. The van der Waals surface area contributed by atoms with Crippen LogP contribution < -0.4 is 4.72 Å². The summed E-state index contributed by atoms with van der Waals surface area (Å²) < 4.78 is 30.3. The first-order valence-corrected chi connectivity index (χ1v) is 7.80. The smallest absolute Gasteiger partial charge is 0.321 e. The number of aromatic nitrogens is 1. The molecule has 0 fully saturated rings. The number of thiazole rings is 1. The minimum absolute atomic E-state index is 0.0701. The standard InChI is InChI=1S/C10H14N2O6S2/c1-6-11-5-9(19-6)20(16,17)12-7(10(14)15)3-4-8(13)18-2/h5,7,12H,3-4H2,1-2H3,(H,14,15). The molecule has 1 atom stereocenters. The predicted octanol–water partition coefficient (Wildman–Crippen LogP) is 0.136. The van der Waals surface area contributed by atoms with Crippen molar-refractivity contribution in [3.05, 3.63) is 11.2 Å². The van der Waals surface area contributed by atoms with Gasteiger partial charge in [-0.15, -0.1) is 11.3 Å². The lowest BCUT2D eigenvalue weighted by Crippen LogP contribution is -2.40. The molecular weight excluding hydrogens is 308 g/mol. The molecule has 8 nitrogen and oxygen atoms in total. The maximum Gasteiger partial charge on any atom is 0.321 e. The zero-order valence-corrected chi connectivity index (χ0v) is 12.5. The van der Waals surface area contributed by atoms with Crippen LogP contribution in [-0.4, -0.2) is 43.6 Å². The van der Waals surface area contributed by atoms with E-state index in [2.05, 4.69) is 9.72 Å². The number of carbonyl (C=O) groups is 2. The minimum atomic E-state index is -3.97. The van der Waals surface area contributed by atoms with Gasteiger partial charge in [0.05, 0.1) is 18.3 Å². The number of rotatable bonds is 7. The molecule has 0 radical (unpaired) electrons. The molecule has 0 amide bonds. The molecule has 2 N–H and O–H groups in total. The van der Waals surface area contributed by atoms with Crippen molar-refractivity contribution in [1.29, 1.82) is 0 Å². The summed E-state index contributed by atoms with van der Waals surface area (Å²) in [6.07, 6.45) is 0.762. The summed E-state index contributed by atoms with van der Waals surface area (Å²) in [6, 6.07) is -1.40. The van der Waals surface area contributed by atoms with Crippen LogP contribution in [0.4, 0.5) is 0 Å². The number of carboxylic acids is 1. The first-order valence-electron chi connectivity index (χ1n) is 5.50. The van der Waals surface area contributed by atoms with Gasteiger partial charge in [-0.25, -0.2) is 13.4 Å². The molecule has 1 aromatic rings. The van der Waals surface area contributed by atoms with Gasteiger partial charge < -0.3 is 9.84 Å². The first kappa shape index (κ1) is 16.5. The minimum Gasteiger partial charge on any atom is -0.480 e. The van der Waals surface area contributed by atoms with Gasteiger partial charge in [-0.3, -0.25) is 9.59 Å². The second kappa shape index (κ2) is 6.77. The van der Waals surface area contributed by atoms with Crippen LogP contribution in [0.1, 0.15) is 17.8 Å². The van der Waals surface area contributed by atoms with E-state index >= 15 is 0 Å². The van der Waals surface area contributed by atoms with Gasteiger partial charge in [-0.05, 0) is 13.3 Å². The Morgan fingerprint density at radius 2 is 2.20 bits per heavy atom. The van der Waals surface area contributed by atoms with Crippen LogP contribution in [0.2, 0.25) is 0 Å². The van der Waals surface area contributed by atoms with Crippen LogP contribution >= 0.6 is 11.3 Å². The van der Waals surface area contributed by atoms with Crippen molar-refractivity contribution in [1.82, 2.24) is 9.71 Å². The van der Waals surface area contributed by atoms with Gasteiger partial charge in [0, 0.05) is 6.42 Å². The number of esters is 1. The number of hydrogen-bond acceptors (Lipinski definition) is 7. The lowest BCUT2D eigenvalue weighted by atomic mass is 10.2. The highest BCUT2D eigenvalue weighted by molar-refractivity contribution is 7.91. The van der Waals surface area contributed by atoms with Crippen LogP contribution in [0.5, 0.6) is 0 Å². The zero-order chi connectivity index (χ0) is 15.3. The van der Waals surface area contributed by atoms with Gasteiger partial charge in [-0.1, -0.05) is 0 Å². The third-order valence-electron chi connectivity index (χ3n) is 2.33. The van der Waals surface area contributed by atoms with Gasteiger partial charge in [0.15, 0.2) is 4.21 Å². The summed E-state index contributed by atoms with van der Waals surface area (Å²) in [7, 11) is -2.80. The maximum atomic E-state index is 12.0. The van der Waals surface area contributed by atoms with E-state index in [4.69, 9.17) is 5.11 Å². The normalized spacial score (nSPS) is 12.9. The number of methoxy groups -OCH3 is 1. The van der Waals surface area contributed by atoms with E-state index in [1.54, 1.807) is 6.92 Å². The fraction of sp³-hybridized carbons (Fsp3) is 0.500. The van der Waals surface area contributed by atoms with Gasteiger partial charge in [0.2, 0.25) is 0 Å². The summed E-state index contributed by atoms with van der Waals surface area (Å²) in [4.78, 5) is 25.8. The summed E-state index contributed by atoms with van der Waals surface area (Å²) >= 11 is 0.931. The van der Waals surface area contributed by atoms with E-state index in [1.165, 1.54) is 7.11 Å². The monoisotopic (exact) mass is 322 g/mol. The Morgan fingerprint density at radius 3 is 2.65 bits per heavy atom. The molecule has 0 saturated carbocycles. The SMILES string of the molecule is COC(=O)CCC(NS(=O)(=O)c1cnc(C)s1)C(=O)O. The van der Waals surface area contributed by atoms with Crippen LogP contribution in [0.15, 0.2) is 10.4 Å². The highest BCUT2D eigenvalue weighted by Gasteiger charge is 2.27. The fourth-order valence-electron chi connectivity index (χ4n) is 1.31. The number of aliphatic carboxylic acids is 1. The van der Waals surface area contributed by atoms with Gasteiger partial charge >= 0.3 is 11.9 Å². The van der Waals surface area contributed by atoms with Crippen molar-refractivity contribution < 1.29 is 27.9 Å². The van der Waals surface area contributed by atoms with E-state index < -0.39 is 28.0 Å². The summed E-state index contributed by atoms with van der Waals surface area (Å²) in [6.45, 7) is 1.63. The molecule has 112 valence electrons. The molecule has 1 rings (SSSR count). The average molecular weight is 322 g/mol. The van der Waals surface area contributed by atoms with Crippen LogP contribution in [0, 0.1) is 6.92 Å². The largest absolute Gasteiger partial charge is 0.480 e. The number of hydrogen-bond donors (Lipinski definition) is 2. The third-order valence-corrected chi connectivity index (χ3v) is 5.17. The average Bonchev–Trinajstić information content (AvgIpc) is 2.81. The van der Waals surface area contributed by atoms with Crippen molar-refractivity contribution in [2.45, 2.75) is 30.0 Å². The molecule has 0 spiro atoms. The Kier molecular flexibility index (Phi) is 5.60. The summed E-state index contributed by atoms with van der Waals surface area (Å²) in [5, 5.41) is 9.53. The summed E-state index contributed by atoms with van der Waals surface area (Å²) in [5.41, 5.74) is 0. The number of aryl methyl sites for hydroxylation is 1. The van der Waals surface area contributed by atoms with E-state index in [1.807, 2.05) is 4.72 Å². The van der Waals surface area contributed by atoms with Gasteiger partial charge in [0.1, 0.15) is 6.04 Å². The molecule has 20 heavy (non-hydrogen) atoms. The molecule has 0 bridgehead atoms. The van der Waals surface area contributed by atoms with E-state index in [0.29, 0.717) is 5.01 Å². The van der Waals surface area contributed by atoms with Crippen LogP contribution in [-0.2, 0) is 24.3 Å². The highest BCUT2D eigenvalue weighted by Crippen LogP contribution is 2.18. The Balaban J connectivity index is 2.80. The topological polar surface area (TPSA) is 123 Å². The third kappa shape index (κ3) is 4.54. The lowest BCUT2D eigenvalue weighted by Gasteiger charge is -2.13. The van der Waals surface area contributed by atoms with Crippen molar-refractivity contribution in [3.63, 3.8) is 0 Å². The van der Waals surface area contributed by atoms with Crippen molar-refractivity contribution >= 4 is 33.3 Å². The van der Waals surface area contributed by atoms with Crippen molar-refractivity contribution in [2.75, 3.05) is 7.11 Å². The van der Waals surface area contributed by atoms with Gasteiger partial charge in [0.25, 0.3) is 10.0 Å². The Morgan fingerprint density at radius 1 is 1.55 bits per heavy atom. The molecule has 1 aromatic heterocycles. The number of carbonyl (C=O) groups excluding carboxylic acids is 1. The number of sulfonamides is 1. The number of nitrogens with one attached hydrogen (secondary N) is 1. The molecule has 0 aliphatic carbocycles. The lowest BCUT2D eigenvalue weighted by molar-refractivity contribution is -0.142. The van der Waals surface area contributed by atoms with Gasteiger partial charge in [-0.2, -0.15) is 4.72 Å². The molecular formula is C10H14N2O6S2. The highest BCUT2D eigenvalue weighted by atomic mass is 32.2. The molecule has 1 heterocycles.